The van der Waals surface area contributed by atoms with Gasteiger partial charge in [0.15, 0.2) is 69.1 Å². The number of aryl methyl sites for hydroxylation is 4. The Morgan fingerprint density at radius 3 is 0.925 bits per heavy atom. The average molecular weight is 1800 g/mol. The summed E-state index contributed by atoms with van der Waals surface area (Å²) in [5.41, 5.74) is 9.08. The molecule has 0 fully saturated rings. The average Bonchev–Trinajstić information content (AvgIpc) is 1.56. The molecule has 664 valence electrons. The normalized spacial score (nSPS) is 11.0. The van der Waals surface area contributed by atoms with Crippen molar-refractivity contribution in [2.45, 2.75) is 0 Å². The minimum absolute atomic E-state index is 0.00686. The zero-order chi connectivity index (χ0) is 95.3. The first kappa shape index (κ1) is 88.3. The third kappa shape index (κ3) is 15.2. The molecule has 0 amide bonds. The maximum atomic E-state index is 14.7. The number of aromatic amines is 1. The van der Waals surface area contributed by atoms with E-state index >= 15 is 0 Å². The number of benzene rings is 10. The molecule has 10 aromatic carbocycles. The number of nitrogens with zero attached hydrogens (tertiary/aromatic N) is 19. The number of methoxy groups -OCH3 is 7. The molecule has 10 aromatic heterocycles. The second-order valence-electron chi connectivity index (χ2n) is 29.7. The minimum atomic E-state index is -1.06. The zero-order valence-electron chi connectivity index (χ0n) is 72.3. The lowest BCUT2D eigenvalue weighted by molar-refractivity contribution is 0.356. The van der Waals surface area contributed by atoms with E-state index < -0.39 is 34.5 Å². The summed E-state index contributed by atoms with van der Waals surface area (Å²) in [5.74, 6) is -0.233. The summed E-state index contributed by atoms with van der Waals surface area (Å²) >= 11 is 0. The van der Waals surface area contributed by atoms with Crippen LogP contribution >= 0.6 is 0 Å². The van der Waals surface area contributed by atoms with E-state index in [-0.39, 0.29) is 68.1 Å². The third-order valence-electron chi connectivity index (χ3n) is 22.4. The molecule has 20 rings (SSSR count). The first-order valence-corrected chi connectivity index (χ1v) is 39.8. The van der Waals surface area contributed by atoms with E-state index in [0.717, 1.165) is 39.1 Å². The van der Waals surface area contributed by atoms with Crippen LogP contribution in [0.1, 0.15) is 27.8 Å². The summed E-state index contributed by atoms with van der Waals surface area (Å²) in [5, 5.41) is 78.2. The Labute approximate surface area is 751 Å². The predicted octanol–water partition coefficient (Wildman–Crippen LogP) is 13.3. The van der Waals surface area contributed by atoms with E-state index in [9.17, 15) is 52.5 Å². The van der Waals surface area contributed by atoms with Crippen molar-refractivity contribution in [2.75, 3.05) is 49.8 Å². The van der Waals surface area contributed by atoms with Crippen LogP contribution in [0.4, 0.5) is 13.2 Å². The van der Waals surface area contributed by atoms with Gasteiger partial charge in [-0.2, -0.15) is 26.3 Å². The van der Waals surface area contributed by atoms with Crippen molar-refractivity contribution in [1.82, 2.24) is 71.0 Å². The first-order valence-electron chi connectivity index (χ1n) is 39.8. The SMILES string of the molecule is COc1cc2ncc3[nH]c(=O)n(-c4ccc(C#N)cc4)c3c2cc1OC.COc1cc2ncc3c(c2cc1O)n(-c1c(F)cc(C#N)cc1F)c(=O)n3C.COc1cc2ncc3c(c2cc1O)n(-c1ccc(C#N)cc1)c(=O)n3C.COc1cc2ncc3c(c2cc1O)n(-c1ccc(C#N)cc1F)c(=O)n3C.COc1cc2ncc3c(c2cc1OC)n(-c1ccc(C#N)cc1)c(=O)n3C. The summed E-state index contributed by atoms with van der Waals surface area (Å²) in [6.07, 6.45) is 7.81. The molecule has 10 heterocycles. The minimum Gasteiger partial charge on any atom is -0.504 e. The molecule has 38 heteroatoms. The lowest BCUT2D eigenvalue weighted by Crippen LogP contribution is -2.22. The Morgan fingerprint density at radius 2 is 0.582 bits per heavy atom. The molecule has 0 atom stereocenters. The van der Waals surface area contributed by atoms with Crippen molar-refractivity contribution in [2.24, 2.45) is 28.2 Å². The van der Waals surface area contributed by atoms with E-state index in [4.69, 9.17) is 59.5 Å². The fourth-order valence-electron chi connectivity index (χ4n) is 15.8. The maximum absolute atomic E-state index is 14.7. The molecule has 0 saturated carbocycles. The smallest absolute Gasteiger partial charge is 0.333 e. The highest BCUT2D eigenvalue weighted by Crippen LogP contribution is 2.42. The van der Waals surface area contributed by atoms with Crippen molar-refractivity contribution < 1.29 is 61.6 Å². The van der Waals surface area contributed by atoms with Crippen molar-refractivity contribution in [3.05, 3.63) is 292 Å². The molecule has 35 nitrogen and oxygen atoms in total. The summed E-state index contributed by atoms with van der Waals surface area (Å²) in [6, 6.07) is 51.9. The Hall–Kier alpha value is -19.2. The number of pyridine rings is 5. The van der Waals surface area contributed by atoms with E-state index in [0.29, 0.717) is 150 Å². The fourth-order valence-corrected chi connectivity index (χ4v) is 15.8. The van der Waals surface area contributed by atoms with Gasteiger partial charge in [-0.25, -0.2) is 37.1 Å². The molecule has 4 N–H and O–H groups in total. The van der Waals surface area contributed by atoms with Gasteiger partial charge in [0.25, 0.3) is 0 Å². The van der Waals surface area contributed by atoms with Gasteiger partial charge in [-0.05, 0) is 133 Å². The summed E-state index contributed by atoms with van der Waals surface area (Å²) in [7, 11) is 16.9. The van der Waals surface area contributed by atoms with E-state index in [1.807, 2.05) is 12.1 Å². The number of imidazole rings is 5. The van der Waals surface area contributed by atoms with Crippen LogP contribution in [0.2, 0.25) is 0 Å². The van der Waals surface area contributed by atoms with Gasteiger partial charge in [-0.15, -0.1) is 0 Å². The van der Waals surface area contributed by atoms with Gasteiger partial charge in [-0.1, -0.05) is 0 Å². The van der Waals surface area contributed by atoms with Gasteiger partial charge < -0.3 is 53.5 Å². The van der Waals surface area contributed by atoms with Crippen LogP contribution in [-0.2, 0) is 28.2 Å². The predicted molar refractivity (Wildman–Crippen MR) is 489 cm³/mol. The van der Waals surface area contributed by atoms with E-state index in [1.165, 1.54) is 89.4 Å². The van der Waals surface area contributed by atoms with Crippen LogP contribution in [0.3, 0.4) is 0 Å². The van der Waals surface area contributed by atoms with Crippen molar-refractivity contribution in [1.29, 1.82) is 26.3 Å². The largest absolute Gasteiger partial charge is 0.504 e. The number of hydrogen-bond donors (Lipinski definition) is 4. The van der Waals surface area contributed by atoms with Crippen molar-refractivity contribution >= 4 is 110 Å². The topological polar surface area (TPSA) is 454 Å². The Bertz CT molecular complexity index is 8840. The molecule has 0 unspecified atom stereocenters. The quantitative estimate of drug-likeness (QED) is 0.0882. The van der Waals surface area contributed by atoms with Crippen LogP contribution in [0.25, 0.3) is 138 Å². The zero-order valence-corrected chi connectivity index (χ0v) is 72.3. The molecule has 0 radical (unpaired) electrons. The Morgan fingerprint density at radius 1 is 0.306 bits per heavy atom. The van der Waals surface area contributed by atoms with Crippen LogP contribution in [0, 0.1) is 74.1 Å². The molecular weight excluding hydrogens is 1730 g/mol. The number of hydrogen-bond acceptors (Lipinski definition) is 25. The van der Waals surface area contributed by atoms with Gasteiger partial charge in [0.1, 0.15) is 11.5 Å². The highest BCUT2D eigenvalue weighted by atomic mass is 19.1. The number of nitriles is 5. The summed E-state index contributed by atoms with van der Waals surface area (Å²) in [6.45, 7) is 0. The first-order chi connectivity index (χ1) is 64.6. The number of fused-ring (bicyclic) bond motifs is 15. The Balaban J connectivity index is 0.000000122. The molecule has 0 spiro atoms. The number of aromatic hydroxyl groups is 3. The summed E-state index contributed by atoms with van der Waals surface area (Å²) < 4.78 is 93.1. The number of rotatable bonds is 12. The van der Waals surface area contributed by atoms with Crippen LogP contribution in [0.15, 0.2) is 219 Å². The molecule has 0 aliphatic heterocycles. The number of phenols is 3. The molecule has 20 aromatic rings. The van der Waals surface area contributed by atoms with Gasteiger partial charge in [0.2, 0.25) is 0 Å². The number of ether oxygens (including phenoxy) is 7. The van der Waals surface area contributed by atoms with Crippen LogP contribution in [0.5, 0.6) is 57.5 Å². The molecule has 0 saturated heterocycles. The van der Waals surface area contributed by atoms with E-state index in [1.54, 1.807) is 202 Å². The van der Waals surface area contributed by atoms with Gasteiger partial charge >= 0.3 is 28.4 Å². The molecule has 0 bridgehead atoms. The third-order valence-corrected chi connectivity index (χ3v) is 22.4. The molecule has 0 aliphatic carbocycles. The standard InChI is InChI=1S/C20H16N4O3.C19H12F2N4O3.C19H13FN4O3.2C19H14N4O3/c1-23-16-11-22-15-9-18(27-3)17(26-2)8-14(15)19(16)24(20(23)25)13-6-4-12(10-21)5-7-13;1-24-14-8-23-13-6-16(28-2)15(26)5-10(13)17(14)25(19(24)27)18-11(20)3-9(7-22)4-12(18)21;1-23-15-9-22-13-7-17(27-2)16(25)6-11(13)18(15)24(19(23)26)14-4-3-10(8-21)5-12(14)20;1-25-16-7-13-14(8-17(16)26-2)21-10-15-18(13)23(19(24)22-15)12-5-3-11(9-20)4-6-12;1-22-15-10-21-14-8-17(26-2)16(24)7-13(14)18(15)23(19(22)25)12-5-3-11(9-20)4-6-12/h4-9,11H,1-3H3;3-6,8,26H,1-2H3;3-7,9,25H,1-2H3;3-8,10H,1-2H3,(H,22,24);3-8,10,24H,1-2H3. The molecule has 0 aliphatic rings. The van der Waals surface area contributed by atoms with Crippen molar-refractivity contribution in [3.8, 4) is 116 Å². The van der Waals surface area contributed by atoms with Crippen LogP contribution < -0.4 is 61.6 Å². The van der Waals surface area contributed by atoms with Gasteiger partial charge in [-0.3, -0.25) is 66.0 Å². The number of phenolic OH excluding ortho intramolecular Hbond substituents is 3. The highest BCUT2D eigenvalue weighted by molar-refractivity contribution is 6.09. The van der Waals surface area contributed by atoms with Crippen molar-refractivity contribution in [3.63, 3.8) is 0 Å². The van der Waals surface area contributed by atoms with E-state index in [2.05, 4.69) is 48.1 Å². The van der Waals surface area contributed by atoms with Crippen LogP contribution in [-0.4, -0.2) is 136 Å². The summed E-state index contributed by atoms with van der Waals surface area (Å²) in [4.78, 5) is 88.6. The second kappa shape index (κ2) is 35.6. The second-order valence-corrected chi connectivity index (χ2v) is 29.7. The Kier molecular flexibility index (Phi) is 23.4. The molecular formula is C96H69F3N20O15. The lowest BCUT2D eigenvalue weighted by atomic mass is 10.1. The van der Waals surface area contributed by atoms with Gasteiger partial charge in [0, 0.05) is 85.5 Å². The number of aromatic nitrogens is 15. The maximum Gasteiger partial charge on any atom is 0.333 e. The van der Waals surface area contributed by atoms with Gasteiger partial charge in [0.05, 0.1) is 244 Å². The monoisotopic (exact) mass is 1800 g/mol. The number of H-pyrrole nitrogens is 1. The lowest BCUT2D eigenvalue weighted by Gasteiger charge is -2.10. The number of nitrogens with one attached hydrogen (secondary N) is 1. The molecule has 134 heavy (non-hydrogen) atoms. The highest BCUT2D eigenvalue weighted by Gasteiger charge is 2.28. The number of halogens is 3. The fraction of sp³-hybridized carbons (Fsp3) is 0.115.